The van der Waals surface area contributed by atoms with E-state index in [1.165, 1.54) is 12.1 Å². The Morgan fingerprint density at radius 2 is 2.08 bits per heavy atom. The van der Waals surface area contributed by atoms with Gasteiger partial charge in [0.25, 0.3) is 5.91 Å². The molecule has 1 atom stereocenters. The van der Waals surface area contributed by atoms with Gasteiger partial charge >= 0.3 is 0 Å². The second-order valence-corrected chi connectivity index (χ2v) is 7.15. The van der Waals surface area contributed by atoms with Crippen LogP contribution < -0.4 is 5.32 Å². The molecule has 0 spiro atoms. The number of aromatic nitrogens is 1. The number of rotatable bonds is 3. The second kappa shape index (κ2) is 6.33. The molecule has 3 rings (SSSR count). The smallest absolute Gasteiger partial charge is 0.254 e. The average Bonchev–Trinajstić information content (AvgIpc) is 3.14. The molecule has 4 nitrogen and oxygen atoms in total. The predicted molar refractivity (Wildman–Crippen MR) is 93.0 cm³/mol. The number of nitrogens with one attached hydrogen (secondary N) is 1. The molecule has 2 heterocycles. The van der Waals surface area contributed by atoms with E-state index >= 15 is 0 Å². The molecule has 1 aromatic carbocycles. The van der Waals surface area contributed by atoms with Crippen molar-refractivity contribution in [1.29, 1.82) is 5.26 Å². The van der Waals surface area contributed by atoms with Crippen molar-refractivity contribution >= 4 is 17.7 Å². The van der Waals surface area contributed by atoms with E-state index in [0.717, 1.165) is 22.8 Å². The Hall–Kier alpha value is -2.26. The SMILES string of the molecule is Cc1cc(C(=O)NC2(C#N)CCSC2)c(C)n1-c1ccc(F)cc1. The van der Waals surface area contributed by atoms with Crippen molar-refractivity contribution in [3.8, 4) is 11.8 Å². The zero-order valence-corrected chi connectivity index (χ0v) is 14.4. The maximum atomic E-state index is 13.1. The summed E-state index contributed by atoms with van der Waals surface area (Å²) >= 11 is 1.68. The molecule has 1 saturated heterocycles. The number of nitriles is 1. The molecule has 1 aromatic heterocycles. The van der Waals surface area contributed by atoms with Crippen molar-refractivity contribution in [3.63, 3.8) is 0 Å². The van der Waals surface area contributed by atoms with E-state index in [1.807, 2.05) is 18.4 Å². The molecule has 0 radical (unpaired) electrons. The number of benzene rings is 1. The highest BCUT2D eigenvalue weighted by Gasteiger charge is 2.36. The second-order valence-electron chi connectivity index (χ2n) is 6.05. The lowest BCUT2D eigenvalue weighted by Crippen LogP contribution is -2.47. The molecule has 0 aliphatic carbocycles. The van der Waals surface area contributed by atoms with Crippen molar-refractivity contribution in [2.45, 2.75) is 25.8 Å². The molecule has 124 valence electrons. The Morgan fingerprint density at radius 3 is 2.67 bits per heavy atom. The van der Waals surface area contributed by atoms with Gasteiger partial charge in [0.2, 0.25) is 0 Å². The Kier molecular flexibility index (Phi) is 4.37. The summed E-state index contributed by atoms with van der Waals surface area (Å²) in [6.45, 7) is 3.76. The van der Waals surface area contributed by atoms with Crippen LogP contribution in [0.1, 0.15) is 28.2 Å². The van der Waals surface area contributed by atoms with Crippen LogP contribution in [0.3, 0.4) is 0 Å². The lowest BCUT2D eigenvalue weighted by molar-refractivity contribution is 0.0925. The van der Waals surface area contributed by atoms with Crippen LogP contribution in [0.15, 0.2) is 30.3 Å². The van der Waals surface area contributed by atoms with Crippen LogP contribution in [0.25, 0.3) is 5.69 Å². The summed E-state index contributed by atoms with van der Waals surface area (Å²) in [5, 5.41) is 12.3. The van der Waals surface area contributed by atoms with Crippen LogP contribution in [-0.2, 0) is 0 Å². The Labute approximate surface area is 144 Å². The number of aryl methyl sites for hydroxylation is 1. The van der Waals surface area contributed by atoms with E-state index in [-0.39, 0.29) is 11.7 Å². The quantitative estimate of drug-likeness (QED) is 0.930. The molecule has 1 aliphatic heterocycles. The van der Waals surface area contributed by atoms with Crippen LogP contribution in [0.2, 0.25) is 0 Å². The van der Waals surface area contributed by atoms with E-state index < -0.39 is 5.54 Å². The molecule has 24 heavy (non-hydrogen) atoms. The van der Waals surface area contributed by atoms with E-state index in [4.69, 9.17) is 0 Å². The fourth-order valence-electron chi connectivity index (χ4n) is 3.04. The van der Waals surface area contributed by atoms with Crippen LogP contribution in [0, 0.1) is 31.0 Å². The molecule has 1 fully saturated rings. The Bertz CT molecular complexity index is 814. The summed E-state index contributed by atoms with van der Waals surface area (Å²) in [6, 6.07) is 10.2. The first-order valence-corrected chi connectivity index (χ1v) is 8.88. The molecule has 1 N–H and O–H groups in total. The number of hydrogen-bond donors (Lipinski definition) is 1. The van der Waals surface area contributed by atoms with Crippen LogP contribution in [-0.4, -0.2) is 27.5 Å². The van der Waals surface area contributed by atoms with Crippen LogP contribution in [0.5, 0.6) is 0 Å². The summed E-state index contributed by atoms with van der Waals surface area (Å²) < 4.78 is 15.1. The fourth-order valence-corrected chi connectivity index (χ4v) is 4.31. The molecular weight excluding hydrogens is 325 g/mol. The van der Waals surface area contributed by atoms with E-state index in [0.29, 0.717) is 17.7 Å². The van der Waals surface area contributed by atoms with Crippen LogP contribution in [0.4, 0.5) is 4.39 Å². The minimum atomic E-state index is -0.778. The van der Waals surface area contributed by atoms with Gasteiger partial charge in [0, 0.05) is 22.8 Å². The summed E-state index contributed by atoms with van der Waals surface area (Å²) in [6.07, 6.45) is 0.663. The average molecular weight is 343 g/mol. The van der Waals surface area contributed by atoms with E-state index in [1.54, 1.807) is 30.0 Å². The molecular formula is C18H18FN3OS. The monoisotopic (exact) mass is 343 g/mol. The van der Waals surface area contributed by atoms with Gasteiger partial charge in [-0.15, -0.1) is 0 Å². The number of nitrogens with zero attached hydrogens (tertiary/aromatic N) is 2. The molecule has 6 heteroatoms. The number of amides is 1. The molecule has 2 aromatic rings. The first-order valence-electron chi connectivity index (χ1n) is 7.72. The van der Waals surface area contributed by atoms with Gasteiger partial charge in [-0.2, -0.15) is 17.0 Å². The van der Waals surface area contributed by atoms with Gasteiger partial charge in [0.05, 0.1) is 11.6 Å². The number of thioether (sulfide) groups is 1. The predicted octanol–water partition coefficient (Wildman–Crippen LogP) is 3.36. The van der Waals surface area contributed by atoms with E-state index in [2.05, 4.69) is 11.4 Å². The number of carbonyl (C=O) groups excluding carboxylic acids is 1. The maximum Gasteiger partial charge on any atom is 0.254 e. The number of halogens is 1. The normalized spacial score (nSPS) is 19.9. The molecule has 1 amide bonds. The minimum absolute atomic E-state index is 0.236. The van der Waals surface area contributed by atoms with Gasteiger partial charge < -0.3 is 9.88 Å². The highest BCUT2D eigenvalue weighted by molar-refractivity contribution is 7.99. The third-order valence-electron chi connectivity index (χ3n) is 4.35. The lowest BCUT2D eigenvalue weighted by Gasteiger charge is -2.21. The lowest BCUT2D eigenvalue weighted by atomic mass is 10.0. The van der Waals surface area contributed by atoms with Crippen molar-refractivity contribution < 1.29 is 9.18 Å². The zero-order chi connectivity index (χ0) is 17.3. The highest BCUT2D eigenvalue weighted by atomic mass is 32.2. The topological polar surface area (TPSA) is 57.8 Å². The summed E-state index contributed by atoms with van der Waals surface area (Å²) in [5.41, 5.74) is 2.23. The fraction of sp³-hybridized carbons (Fsp3) is 0.333. The summed E-state index contributed by atoms with van der Waals surface area (Å²) in [4.78, 5) is 12.7. The van der Waals surface area contributed by atoms with Gasteiger partial charge in [-0.05, 0) is 56.4 Å². The highest BCUT2D eigenvalue weighted by Crippen LogP contribution is 2.28. The van der Waals surface area contributed by atoms with Gasteiger partial charge in [-0.25, -0.2) is 4.39 Å². The van der Waals surface area contributed by atoms with Crippen LogP contribution >= 0.6 is 11.8 Å². The molecule has 0 bridgehead atoms. The Morgan fingerprint density at radius 1 is 1.38 bits per heavy atom. The maximum absolute atomic E-state index is 13.1. The summed E-state index contributed by atoms with van der Waals surface area (Å²) in [5.74, 6) is 0.961. The summed E-state index contributed by atoms with van der Waals surface area (Å²) in [7, 11) is 0. The largest absolute Gasteiger partial charge is 0.333 e. The first-order chi connectivity index (χ1) is 11.5. The van der Waals surface area contributed by atoms with Gasteiger partial charge in [0.15, 0.2) is 0 Å². The van der Waals surface area contributed by atoms with Gasteiger partial charge in [-0.3, -0.25) is 4.79 Å². The molecule has 0 saturated carbocycles. The number of hydrogen-bond acceptors (Lipinski definition) is 3. The van der Waals surface area contributed by atoms with Gasteiger partial charge in [0.1, 0.15) is 11.4 Å². The third-order valence-corrected chi connectivity index (χ3v) is 5.54. The van der Waals surface area contributed by atoms with Gasteiger partial charge in [-0.1, -0.05) is 0 Å². The first kappa shape index (κ1) is 16.6. The minimum Gasteiger partial charge on any atom is -0.333 e. The van der Waals surface area contributed by atoms with Crippen molar-refractivity contribution in [3.05, 3.63) is 53.1 Å². The van der Waals surface area contributed by atoms with Crippen molar-refractivity contribution in [2.24, 2.45) is 0 Å². The van der Waals surface area contributed by atoms with E-state index in [9.17, 15) is 14.4 Å². The molecule has 1 unspecified atom stereocenters. The third kappa shape index (κ3) is 2.92. The Balaban J connectivity index is 1.92. The number of carbonyl (C=O) groups is 1. The van der Waals surface area contributed by atoms with Crippen molar-refractivity contribution in [2.75, 3.05) is 11.5 Å². The van der Waals surface area contributed by atoms with Crippen molar-refractivity contribution in [1.82, 2.24) is 9.88 Å². The zero-order valence-electron chi connectivity index (χ0n) is 13.6. The standard InChI is InChI=1S/C18H18FN3OS/c1-12-9-16(17(23)21-18(10-20)7-8-24-11-18)13(2)22(12)15-5-3-14(19)4-6-15/h3-6,9H,7-8,11H2,1-2H3,(H,21,23). The molecule has 1 aliphatic rings.